The third-order valence-electron chi connectivity index (χ3n) is 4.86. The van der Waals surface area contributed by atoms with Crippen LogP contribution in [0.3, 0.4) is 0 Å². The van der Waals surface area contributed by atoms with Crippen LogP contribution in [-0.4, -0.2) is 9.97 Å². The van der Waals surface area contributed by atoms with Gasteiger partial charge in [0.15, 0.2) is 0 Å². The molecule has 0 spiro atoms. The summed E-state index contributed by atoms with van der Waals surface area (Å²) in [6.07, 6.45) is 0. The van der Waals surface area contributed by atoms with Gasteiger partial charge >= 0.3 is 0 Å². The van der Waals surface area contributed by atoms with Gasteiger partial charge in [-0.3, -0.25) is 0 Å². The molecule has 0 unspecified atom stereocenters. The van der Waals surface area contributed by atoms with E-state index in [4.69, 9.17) is 28.2 Å². The zero-order valence-corrected chi connectivity index (χ0v) is 15.2. The molecule has 1 aromatic carbocycles. The lowest BCUT2D eigenvalue weighted by molar-refractivity contribution is 0.595. The highest BCUT2D eigenvalue weighted by molar-refractivity contribution is 6.33. The van der Waals surface area contributed by atoms with Gasteiger partial charge in [0, 0.05) is 27.6 Å². The largest absolute Gasteiger partial charge is 0.346 e. The highest BCUT2D eigenvalue weighted by atomic mass is 35.5. The molecular weight excluding hydrogens is 315 g/mol. The Labute approximate surface area is 142 Å². The van der Waals surface area contributed by atoms with Crippen molar-refractivity contribution >= 4 is 23.2 Å². The van der Waals surface area contributed by atoms with Gasteiger partial charge in [0.25, 0.3) is 0 Å². The Morgan fingerprint density at radius 2 is 1.86 bits per heavy atom. The van der Waals surface area contributed by atoms with Crippen LogP contribution < -0.4 is 0 Å². The minimum Gasteiger partial charge on any atom is -0.346 e. The minimum absolute atomic E-state index is 0.150. The summed E-state index contributed by atoms with van der Waals surface area (Å²) in [6, 6.07) is 5.75. The van der Waals surface area contributed by atoms with Crippen LogP contribution in [0.1, 0.15) is 68.2 Å². The second-order valence-corrected chi connectivity index (χ2v) is 8.06. The maximum atomic E-state index is 6.43. The van der Waals surface area contributed by atoms with Crippen molar-refractivity contribution < 1.29 is 0 Å². The second-order valence-electron chi connectivity index (χ2n) is 7.22. The van der Waals surface area contributed by atoms with Crippen LogP contribution in [-0.2, 0) is 0 Å². The molecule has 0 saturated heterocycles. The summed E-state index contributed by atoms with van der Waals surface area (Å²) < 4.78 is 0. The topological polar surface area (TPSA) is 28.7 Å². The van der Waals surface area contributed by atoms with Gasteiger partial charge < -0.3 is 4.98 Å². The van der Waals surface area contributed by atoms with Crippen molar-refractivity contribution in [2.24, 2.45) is 5.41 Å². The van der Waals surface area contributed by atoms with Gasteiger partial charge in [0.2, 0.25) is 0 Å². The van der Waals surface area contributed by atoms with Crippen LogP contribution in [0, 0.1) is 12.3 Å². The standard InChI is InChI=1S/C18H22Cl2N2/c1-9(2)16-17(22-10(3)21-16)15-14(18(15,4)5)12-8-11(19)6-7-13(12)20/h6-9,14-15H,1-5H3,(H,21,22)/t14-,15+/m1/s1. The van der Waals surface area contributed by atoms with Crippen molar-refractivity contribution in [2.75, 3.05) is 0 Å². The van der Waals surface area contributed by atoms with Crippen molar-refractivity contribution in [2.45, 2.75) is 52.4 Å². The monoisotopic (exact) mass is 336 g/mol. The third-order valence-corrected chi connectivity index (χ3v) is 5.44. The van der Waals surface area contributed by atoms with E-state index in [0.29, 0.717) is 17.8 Å². The molecule has 1 saturated carbocycles. The Balaban J connectivity index is 2.05. The first-order chi connectivity index (χ1) is 10.2. The molecule has 0 aliphatic heterocycles. The molecule has 1 fully saturated rings. The Bertz CT molecular complexity index is 716. The van der Waals surface area contributed by atoms with Crippen molar-refractivity contribution in [1.29, 1.82) is 0 Å². The number of benzene rings is 1. The predicted molar refractivity (Wildman–Crippen MR) is 93.1 cm³/mol. The smallest absolute Gasteiger partial charge is 0.103 e. The van der Waals surface area contributed by atoms with Crippen molar-refractivity contribution in [3.63, 3.8) is 0 Å². The SMILES string of the molecule is Cc1nc(C(C)C)c([C@@H]2[C@@H](c3cc(Cl)ccc3Cl)C2(C)C)[nH]1. The van der Waals surface area contributed by atoms with Crippen molar-refractivity contribution in [3.8, 4) is 0 Å². The minimum atomic E-state index is 0.150. The quantitative estimate of drug-likeness (QED) is 0.725. The van der Waals surface area contributed by atoms with Crippen LogP contribution >= 0.6 is 23.2 Å². The predicted octanol–water partition coefficient (Wildman–Crippen LogP) is 6.06. The number of aromatic nitrogens is 2. The van der Waals surface area contributed by atoms with Gasteiger partial charge in [-0.2, -0.15) is 0 Å². The molecule has 1 heterocycles. The number of hydrogen-bond acceptors (Lipinski definition) is 1. The van der Waals surface area contributed by atoms with Gasteiger partial charge in [-0.1, -0.05) is 50.9 Å². The summed E-state index contributed by atoms with van der Waals surface area (Å²) in [7, 11) is 0. The molecule has 2 atom stereocenters. The fourth-order valence-electron chi connectivity index (χ4n) is 3.71. The van der Waals surface area contributed by atoms with Crippen molar-refractivity contribution in [3.05, 3.63) is 51.0 Å². The van der Waals surface area contributed by atoms with Crippen LogP contribution in [0.5, 0.6) is 0 Å². The molecule has 0 amide bonds. The first-order valence-corrected chi connectivity index (χ1v) is 8.50. The summed E-state index contributed by atoms with van der Waals surface area (Å²) in [6.45, 7) is 11.0. The number of imidazole rings is 1. The lowest BCUT2D eigenvalue weighted by Crippen LogP contribution is -1.97. The Morgan fingerprint density at radius 1 is 1.18 bits per heavy atom. The molecule has 0 radical (unpaired) electrons. The molecule has 1 aliphatic rings. The van der Waals surface area contributed by atoms with E-state index in [1.807, 2.05) is 25.1 Å². The van der Waals surface area contributed by atoms with E-state index in [1.54, 1.807) is 0 Å². The fraction of sp³-hybridized carbons (Fsp3) is 0.500. The maximum Gasteiger partial charge on any atom is 0.103 e. The first-order valence-electron chi connectivity index (χ1n) is 7.74. The first kappa shape index (κ1) is 15.9. The number of aryl methyl sites for hydroxylation is 1. The molecular formula is C18H22Cl2N2. The number of aromatic amines is 1. The van der Waals surface area contributed by atoms with Crippen LogP contribution in [0.2, 0.25) is 10.0 Å². The van der Waals surface area contributed by atoms with E-state index in [2.05, 4.69) is 32.7 Å². The van der Waals surface area contributed by atoms with E-state index in [-0.39, 0.29) is 5.41 Å². The normalized spacial score (nSPS) is 23.1. The molecule has 4 heteroatoms. The lowest BCUT2D eigenvalue weighted by Gasteiger charge is -2.07. The van der Waals surface area contributed by atoms with Crippen LogP contribution in [0.15, 0.2) is 18.2 Å². The number of hydrogen-bond donors (Lipinski definition) is 1. The van der Waals surface area contributed by atoms with Gasteiger partial charge in [-0.05, 0) is 42.0 Å². The molecule has 3 rings (SSSR count). The van der Waals surface area contributed by atoms with E-state index >= 15 is 0 Å². The fourth-order valence-corrected chi connectivity index (χ4v) is 4.13. The zero-order valence-electron chi connectivity index (χ0n) is 13.7. The van der Waals surface area contributed by atoms with Gasteiger partial charge in [-0.15, -0.1) is 0 Å². The number of rotatable bonds is 3. The van der Waals surface area contributed by atoms with E-state index < -0.39 is 0 Å². The van der Waals surface area contributed by atoms with Gasteiger partial charge in [0.1, 0.15) is 5.82 Å². The van der Waals surface area contributed by atoms with Crippen molar-refractivity contribution in [1.82, 2.24) is 9.97 Å². The van der Waals surface area contributed by atoms with Crippen LogP contribution in [0.4, 0.5) is 0 Å². The molecule has 1 aromatic heterocycles. The Kier molecular flexibility index (Phi) is 3.81. The molecule has 0 bridgehead atoms. The second kappa shape index (κ2) is 5.28. The number of nitrogens with one attached hydrogen (secondary N) is 1. The molecule has 1 aliphatic carbocycles. The molecule has 2 nitrogen and oxygen atoms in total. The highest BCUT2D eigenvalue weighted by Crippen LogP contribution is 2.71. The molecule has 2 aromatic rings. The average Bonchev–Trinajstić information content (AvgIpc) is 2.77. The molecule has 118 valence electrons. The highest BCUT2D eigenvalue weighted by Gasteiger charge is 2.61. The number of halogens is 2. The average molecular weight is 337 g/mol. The summed E-state index contributed by atoms with van der Waals surface area (Å²) in [5.74, 6) is 2.17. The molecule has 1 N–H and O–H groups in total. The van der Waals surface area contributed by atoms with E-state index in [1.165, 1.54) is 11.4 Å². The van der Waals surface area contributed by atoms with E-state index in [9.17, 15) is 0 Å². The van der Waals surface area contributed by atoms with Crippen LogP contribution in [0.25, 0.3) is 0 Å². The van der Waals surface area contributed by atoms with E-state index in [0.717, 1.165) is 21.4 Å². The summed E-state index contributed by atoms with van der Waals surface area (Å²) >= 11 is 12.6. The summed E-state index contributed by atoms with van der Waals surface area (Å²) in [5, 5.41) is 1.54. The maximum absolute atomic E-state index is 6.43. The third kappa shape index (κ3) is 2.47. The lowest BCUT2D eigenvalue weighted by atomic mass is 10.0. The van der Waals surface area contributed by atoms with Gasteiger partial charge in [0.05, 0.1) is 5.69 Å². The Morgan fingerprint density at radius 3 is 2.50 bits per heavy atom. The number of nitrogens with zero attached hydrogens (tertiary/aromatic N) is 1. The van der Waals surface area contributed by atoms with Gasteiger partial charge in [-0.25, -0.2) is 4.98 Å². The number of H-pyrrole nitrogens is 1. The zero-order chi connectivity index (χ0) is 16.2. The summed E-state index contributed by atoms with van der Waals surface area (Å²) in [4.78, 5) is 8.18. The summed E-state index contributed by atoms with van der Waals surface area (Å²) in [5.41, 5.74) is 3.73. The molecule has 22 heavy (non-hydrogen) atoms. The Hall–Kier alpha value is -0.990.